The van der Waals surface area contributed by atoms with Crippen LogP contribution in [0.2, 0.25) is 0 Å². The summed E-state index contributed by atoms with van der Waals surface area (Å²) in [5.41, 5.74) is 6.77. The molecule has 0 radical (unpaired) electrons. The lowest BCUT2D eigenvalue weighted by Crippen LogP contribution is -1.94. The zero-order valence-electron chi connectivity index (χ0n) is 15.9. The number of para-hydroxylation sites is 1. The van der Waals surface area contributed by atoms with Gasteiger partial charge >= 0.3 is 0 Å². The van der Waals surface area contributed by atoms with E-state index in [1.54, 1.807) is 0 Å². The fraction of sp³-hybridized carbons (Fsp3) is 0.154. The molecule has 0 unspecified atom stereocenters. The number of aromatic nitrogens is 1. The highest BCUT2D eigenvalue weighted by Crippen LogP contribution is 2.31. The molecule has 0 saturated heterocycles. The molecule has 0 spiro atoms. The van der Waals surface area contributed by atoms with Gasteiger partial charge in [-0.15, -0.1) is 0 Å². The minimum Gasteiger partial charge on any atom is -0.341 e. The molecule has 0 amide bonds. The Labute approximate surface area is 159 Å². The molecule has 27 heavy (non-hydrogen) atoms. The Bertz CT molecular complexity index is 1290. The fourth-order valence-electron chi connectivity index (χ4n) is 4.44. The van der Waals surface area contributed by atoms with Gasteiger partial charge in [0.2, 0.25) is 0 Å². The van der Waals surface area contributed by atoms with E-state index in [0.29, 0.717) is 0 Å². The molecule has 5 rings (SSSR count). The molecule has 1 heteroatoms. The maximum Gasteiger partial charge on any atom is 0.0491 e. The van der Waals surface area contributed by atoms with E-state index in [0.717, 1.165) is 13.0 Å². The summed E-state index contributed by atoms with van der Waals surface area (Å²) in [6, 6.07) is 29.0. The quantitative estimate of drug-likeness (QED) is 0.335. The van der Waals surface area contributed by atoms with Gasteiger partial charge in [-0.05, 0) is 65.9 Å². The number of hydrogen-bond acceptors (Lipinski definition) is 0. The third-order valence-electron chi connectivity index (χ3n) is 5.78. The topological polar surface area (TPSA) is 4.93 Å². The number of rotatable bonds is 3. The SMILES string of the molecule is CCn1c2ccccc2c2cc(Cc3ccc(C)c4ccccc34)ccc21. The summed E-state index contributed by atoms with van der Waals surface area (Å²) < 4.78 is 2.41. The Morgan fingerprint density at radius 1 is 0.667 bits per heavy atom. The lowest BCUT2D eigenvalue weighted by Gasteiger charge is -2.10. The Hall–Kier alpha value is -3.06. The Kier molecular flexibility index (Phi) is 3.75. The molecule has 132 valence electrons. The van der Waals surface area contributed by atoms with Gasteiger partial charge in [0.25, 0.3) is 0 Å². The van der Waals surface area contributed by atoms with Crippen molar-refractivity contribution < 1.29 is 0 Å². The summed E-state index contributed by atoms with van der Waals surface area (Å²) in [6.45, 7) is 5.40. The van der Waals surface area contributed by atoms with E-state index < -0.39 is 0 Å². The van der Waals surface area contributed by atoms with Gasteiger partial charge in [-0.2, -0.15) is 0 Å². The van der Waals surface area contributed by atoms with Gasteiger partial charge in [-0.25, -0.2) is 0 Å². The molecule has 0 atom stereocenters. The first-order chi connectivity index (χ1) is 13.3. The van der Waals surface area contributed by atoms with Crippen LogP contribution in [0.1, 0.15) is 23.6 Å². The van der Waals surface area contributed by atoms with Crippen LogP contribution in [0.25, 0.3) is 32.6 Å². The summed E-state index contributed by atoms with van der Waals surface area (Å²) in [4.78, 5) is 0. The molecular formula is C26H23N. The molecule has 4 aromatic carbocycles. The Morgan fingerprint density at radius 3 is 2.19 bits per heavy atom. The van der Waals surface area contributed by atoms with Crippen molar-refractivity contribution in [3.63, 3.8) is 0 Å². The van der Waals surface area contributed by atoms with Gasteiger partial charge < -0.3 is 4.57 Å². The molecule has 0 aliphatic heterocycles. The van der Waals surface area contributed by atoms with E-state index in [1.165, 1.54) is 49.3 Å². The van der Waals surface area contributed by atoms with E-state index in [-0.39, 0.29) is 0 Å². The first-order valence-electron chi connectivity index (χ1n) is 9.73. The second kappa shape index (κ2) is 6.28. The highest BCUT2D eigenvalue weighted by molar-refractivity contribution is 6.08. The Balaban J connectivity index is 1.67. The maximum atomic E-state index is 2.41. The van der Waals surface area contributed by atoms with E-state index in [9.17, 15) is 0 Å². The first-order valence-corrected chi connectivity index (χ1v) is 9.73. The molecule has 0 saturated carbocycles. The molecular weight excluding hydrogens is 326 g/mol. The summed E-state index contributed by atoms with van der Waals surface area (Å²) in [5, 5.41) is 5.44. The summed E-state index contributed by atoms with van der Waals surface area (Å²) in [7, 11) is 0. The standard InChI is InChI=1S/C26H23N/c1-3-27-25-11-7-6-10-23(25)24-17-19(13-15-26(24)27)16-20-14-12-18(2)21-8-4-5-9-22(20)21/h4-15,17H,3,16H2,1-2H3. The van der Waals surface area contributed by atoms with Crippen molar-refractivity contribution in [2.75, 3.05) is 0 Å². The van der Waals surface area contributed by atoms with Crippen molar-refractivity contribution in [1.82, 2.24) is 4.57 Å². The third-order valence-corrected chi connectivity index (χ3v) is 5.78. The highest BCUT2D eigenvalue weighted by Gasteiger charge is 2.11. The molecule has 0 N–H and O–H groups in total. The van der Waals surface area contributed by atoms with Crippen molar-refractivity contribution in [2.24, 2.45) is 0 Å². The number of fused-ring (bicyclic) bond motifs is 4. The number of nitrogens with zero attached hydrogens (tertiary/aromatic N) is 1. The van der Waals surface area contributed by atoms with Gasteiger partial charge in [-0.3, -0.25) is 0 Å². The van der Waals surface area contributed by atoms with Crippen molar-refractivity contribution in [3.8, 4) is 0 Å². The lowest BCUT2D eigenvalue weighted by molar-refractivity contribution is 0.827. The van der Waals surface area contributed by atoms with E-state index in [4.69, 9.17) is 0 Å². The van der Waals surface area contributed by atoms with Crippen LogP contribution in [0.15, 0.2) is 78.9 Å². The zero-order chi connectivity index (χ0) is 18.4. The Morgan fingerprint density at radius 2 is 1.37 bits per heavy atom. The predicted octanol–water partition coefficient (Wildman–Crippen LogP) is 6.87. The molecule has 0 aliphatic carbocycles. The maximum absolute atomic E-state index is 2.41. The van der Waals surface area contributed by atoms with Crippen LogP contribution in [0, 0.1) is 6.92 Å². The van der Waals surface area contributed by atoms with Crippen LogP contribution in [-0.4, -0.2) is 4.57 Å². The van der Waals surface area contributed by atoms with Gasteiger partial charge in [0.05, 0.1) is 0 Å². The van der Waals surface area contributed by atoms with Crippen LogP contribution < -0.4 is 0 Å². The van der Waals surface area contributed by atoms with Crippen molar-refractivity contribution in [1.29, 1.82) is 0 Å². The molecule has 5 aromatic rings. The third kappa shape index (κ3) is 2.54. The number of hydrogen-bond donors (Lipinski definition) is 0. The smallest absolute Gasteiger partial charge is 0.0491 e. The summed E-state index contributed by atoms with van der Waals surface area (Å²) in [5.74, 6) is 0. The summed E-state index contributed by atoms with van der Waals surface area (Å²) in [6.07, 6.45) is 0.961. The van der Waals surface area contributed by atoms with Crippen LogP contribution in [0.3, 0.4) is 0 Å². The minimum absolute atomic E-state index is 0.961. The van der Waals surface area contributed by atoms with E-state index >= 15 is 0 Å². The predicted molar refractivity (Wildman–Crippen MR) is 117 cm³/mol. The molecule has 1 aromatic heterocycles. The largest absolute Gasteiger partial charge is 0.341 e. The fourth-order valence-corrected chi connectivity index (χ4v) is 4.44. The van der Waals surface area contributed by atoms with Gasteiger partial charge in [0.15, 0.2) is 0 Å². The van der Waals surface area contributed by atoms with Gasteiger partial charge in [-0.1, -0.05) is 60.7 Å². The van der Waals surface area contributed by atoms with Gasteiger partial charge in [0, 0.05) is 28.4 Å². The normalized spacial score (nSPS) is 11.6. The van der Waals surface area contributed by atoms with Crippen molar-refractivity contribution >= 4 is 32.6 Å². The molecule has 0 aliphatic rings. The number of aryl methyl sites for hydroxylation is 2. The van der Waals surface area contributed by atoms with Gasteiger partial charge in [0.1, 0.15) is 0 Å². The van der Waals surface area contributed by atoms with E-state index in [2.05, 4.69) is 97.3 Å². The van der Waals surface area contributed by atoms with Crippen LogP contribution in [0.4, 0.5) is 0 Å². The minimum atomic E-state index is 0.961. The van der Waals surface area contributed by atoms with Crippen LogP contribution in [-0.2, 0) is 13.0 Å². The van der Waals surface area contributed by atoms with Crippen LogP contribution in [0.5, 0.6) is 0 Å². The lowest BCUT2D eigenvalue weighted by atomic mass is 9.95. The molecule has 1 heterocycles. The second-order valence-corrected chi connectivity index (χ2v) is 7.38. The van der Waals surface area contributed by atoms with Crippen LogP contribution >= 0.6 is 0 Å². The average Bonchev–Trinajstić information content (AvgIpc) is 3.03. The van der Waals surface area contributed by atoms with Crippen molar-refractivity contribution in [3.05, 3.63) is 95.6 Å². The average molecular weight is 349 g/mol. The molecule has 0 bridgehead atoms. The highest BCUT2D eigenvalue weighted by atomic mass is 15.0. The second-order valence-electron chi connectivity index (χ2n) is 7.38. The molecule has 1 nitrogen and oxygen atoms in total. The zero-order valence-corrected chi connectivity index (χ0v) is 15.9. The monoisotopic (exact) mass is 349 g/mol. The number of benzene rings is 4. The first kappa shape index (κ1) is 16.1. The summed E-state index contributed by atoms with van der Waals surface area (Å²) >= 11 is 0. The van der Waals surface area contributed by atoms with E-state index in [1.807, 2.05) is 0 Å². The molecule has 0 fully saturated rings. The van der Waals surface area contributed by atoms with Crippen molar-refractivity contribution in [2.45, 2.75) is 26.8 Å².